The summed E-state index contributed by atoms with van der Waals surface area (Å²) in [6, 6.07) is 6.11. The van der Waals surface area contributed by atoms with Gasteiger partial charge >= 0.3 is 0 Å². The van der Waals surface area contributed by atoms with Crippen molar-refractivity contribution < 1.29 is 9.59 Å². The van der Waals surface area contributed by atoms with Crippen LogP contribution >= 0.6 is 0 Å². The minimum Gasteiger partial charge on any atom is -0.326 e. The van der Waals surface area contributed by atoms with E-state index in [1.165, 1.54) is 5.56 Å². The molecule has 0 radical (unpaired) electrons. The van der Waals surface area contributed by atoms with Crippen LogP contribution in [0.1, 0.15) is 30.9 Å². The fraction of sp³-hybridized carbons (Fsp3) is 0.467. The van der Waals surface area contributed by atoms with Gasteiger partial charge < -0.3 is 15.0 Å². The van der Waals surface area contributed by atoms with Gasteiger partial charge in [-0.05, 0) is 44.1 Å². The zero-order valence-corrected chi connectivity index (χ0v) is 11.5. The molecule has 0 fully saturated rings. The van der Waals surface area contributed by atoms with Gasteiger partial charge in [0.05, 0.1) is 6.42 Å². The highest BCUT2D eigenvalue weighted by molar-refractivity contribution is 5.99. The fourth-order valence-corrected chi connectivity index (χ4v) is 2.37. The number of nitrogens with zero attached hydrogens (tertiary/aromatic N) is 1. The summed E-state index contributed by atoms with van der Waals surface area (Å²) in [5.41, 5.74) is 3.23. The first-order valence-corrected chi connectivity index (χ1v) is 6.64. The standard InChI is InChI=1S/C15H20N2O2/c1-11(18)4-3-7-17(2)10-12-5-6-14-13(8-12)9-15(19)16-14/h5-6,8H,3-4,7,9-10H2,1-2H3,(H,16,19). The Balaban J connectivity index is 1.88. The van der Waals surface area contributed by atoms with Gasteiger partial charge in [0.2, 0.25) is 5.91 Å². The molecule has 1 heterocycles. The Kier molecular flexibility index (Phi) is 4.32. The Morgan fingerprint density at radius 2 is 2.21 bits per heavy atom. The van der Waals surface area contributed by atoms with Crippen LogP contribution in [0.5, 0.6) is 0 Å². The van der Waals surface area contributed by atoms with Gasteiger partial charge in [-0.3, -0.25) is 4.79 Å². The third-order valence-corrected chi connectivity index (χ3v) is 3.32. The highest BCUT2D eigenvalue weighted by Crippen LogP contribution is 2.24. The van der Waals surface area contributed by atoms with E-state index in [9.17, 15) is 9.59 Å². The van der Waals surface area contributed by atoms with Crippen molar-refractivity contribution in [2.75, 3.05) is 18.9 Å². The van der Waals surface area contributed by atoms with Gasteiger partial charge in [0.25, 0.3) is 0 Å². The van der Waals surface area contributed by atoms with Crippen LogP contribution in [0.25, 0.3) is 0 Å². The molecule has 19 heavy (non-hydrogen) atoms. The smallest absolute Gasteiger partial charge is 0.228 e. The first kappa shape index (κ1) is 13.7. The molecule has 2 rings (SSSR count). The summed E-state index contributed by atoms with van der Waals surface area (Å²) in [6.45, 7) is 3.39. The lowest BCUT2D eigenvalue weighted by atomic mass is 10.1. The molecule has 0 spiro atoms. The van der Waals surface area contributed by atoms with Crippen LogP contribution in [-0.4, -0.2) is 30.2 Å². The number of nitrogens with one attached hydrogen (secondary N) is 1. The van der Waals surface area contributed by atoms with E-state index in [1.54, 1.807) is 6.92 Å². The lowest BCUT2D eigenvalue weighted by Crippen LogP contribution is -2.19. The number of rotatable bonds is 6. The molecule has 0 bridgehead atoms. The Labute approximate surface area is 113 Å². The Morgan fingerprint density at radius 3 is 2.95 bits per heavy atom. The maximum atomic E-state index is 11.3. The number of Topliss-reactive ketones (excluding diaryl/α,β-unsaturated/α-hetero) is 1. The molecular formula is C15H20N2O2. The van der Waals surface area contributed by atoms with Crippen molar-refractivity contribution >= 4 is 17.4 Å². The van der Waals surface area contributed by atoms with Crippen molar-refractivity contribution in [1.29, 1.82) is 0 Å². The van der Waals surface area contributed by atoms with Gasteiger partial charge in [0, 0.05) is 18.7 Å². The summed E-state index contributed by atoms with van der Waals surface area (Å²) < 4.78 is 0. The summed E-state index contributed by atoms with van der Waals surface area (Å²) in [6.07, 6.45) is 2.03. The molecule has 0 aromatic heterocycles. The largest absolute Gasteiger partial charge is 0.326 e. The predicted molar refractivity (Wildman–Crippen MR) is 75.0 cm³/mol. The van der Waals surface area contributed by atoms with Crippen molar-refractivity contribution in [2.45, 2.75) is 32.7 Å². The molecular weight excluding hydrogens is 240 g/mol. The number of amides is 1. The van der Waals surface area contributed by atoms with E-state index < -0.39 is 0 Å². The topological polar surface area (TPSA) is 49.4 Å². The second-order valence-electron chi connectivity index (χ2n) is 5.26. The van der Waals surface area contributed by atoms with Crippen LogP contribution in [-0.2, 0) is 22.6 Å². The van der Waals surface area contributed by atoms with Crippen molar-refractivity contribution in [3.63, 3.8) is 0 Å². The Morgan fingerprint density at radius 1 is 1.42 bits per heavy atom. The zero-order valence-electron chi connectivity index (χ0n) is 11.5. The molecule has 0 unspecified atom stereocenters. The molecule has 4 nitrogen and oxygen atoms in total. The molecule has 1 aliphatic heterocycles. The summed E-state index contributed by atoms with van der Waals surface area (Å²) in [5, 5.41) is 2.83. The number of carbonyl (C=O) groups excluding carboxylic acids is 2. The highest BCUT2D eigenvalue weighted by Gasteiger charge is 2.17. The van der Waals surface area contributed by atoms with E-state index in [0.29, 0.717) is 12.8 Å². The average molecular weight is 260 g/mol. The summed E-state index contributed by atoms with van der Waals surface area (Å²) >= 11 is 0. The van der Waals surface area contributed by atoms with Gasteiger partial charge in [-0.15, -0.1) is 0 Å². The normalized spacial score (nSPS) is 13.5. The monoisotopic (exact) mass is 260 g/mol. The third-order valence-electron chi connectivity index (χ3n) is 3.32. The quantitative estimate of drug-likeness (QED) is 0.851. The van der Waals surface area contributed by atoms with E-state index in [4.69, 9.17) is 0 Å². The summed E-state index contributed by atoms with van der Waals surface area (Å²) in [5.74, 6) is 0.317. The fourth-order valence-electron chi connectivity index (χ4n) is 2.37. The SMILES string of the molecule is CC(=O)CCCN(C)Cc1ccc2c(c1)CC(=O)N2. The van der Waals surface area contributed by atoms with Crippen LogP contribution in [0.2, 0.25) is 0 Å². The maximum absolute atomic E-state index is 11.3. The number of anilines is 1. The maximum Gasteiger partial charge on any atom is 0.228 e. The second-order valence-corrected chi connectivity index (χ2v) is 5.26. The molecule has 0 saturated carbocycles. The molecule has 1 N–H and O–H groups in total. The van der Waals surface area contributed by atoms with Crippen LogP contribution in [0.4, 0.5) is 5.69 Å². The first-order valence-electron chi connectivity index (χ1n) is 6.64. The molecule has 0 saturated heterocycles. The molecule has 102 valence electrons. The van der Waals surface area contributed by atoms with E-state index in [1.807, 2.05) is 12.1 Å². The van der Waals surface area contributed by atoms with Gasteiger partial charge in [-0.1, -0.05) is 12.1 Å². The lowest BCUT2D eigenvalue weighted by Gasteiger charge is -2.16. The van der Waals surface area contributed by atoms with Crippen LogP contribution in [0.3, 0.4) is 0 Å². The van der Waals surface area contributed by atoms with Crippen molar-refractivity contribution in [2.24, 2.45) is 0 Å². The molecule has 1 aromatic rings. The number of benzene rings is 1. The van der Waals surface area contributed by atoms with Gasteiger partial charge in [0.1, 0.15) is 5.78 Å². The molecule has 1 aromatic carbocycles. The van der Waals surface area contributed by atoms with Crippen LogP contribution < -0.4 is 5.32 Å². The first-order chi connectivity index (χ1) is 9.04. The van der Waals surface area contributed by atoms with Gasteiger partial charge in [-0.2, -0.15) is 0 Å². The van der Waals surface area contributed by atoms with Crippen LogP contribution in [0.15, 0.2) is 18.2 Å². The average Bonchev–Trinajstić information content (AvgIpc) is 2.67. The van der Waals surface area contributed by atoms with Gasteiger partial charge in [0.15, 0.2) is 0 Å². The minimum atomic E-state index is 0.0713. The lowest BCUT2D eigenvalue weighted by molar-refractivity contribution is -0.117. The zero-order chi connectivity index (χ0) is 13.8. The Bertz CT molecular complexity index is 497. The summed E-state index contributed by atoms with van der Waals surface area (Å²) in [4.78, 5) is 24.4. The molecule has 0 atom stereocenters. The number of carbonyl (C=O) groups is 2. The van der Waals surface area contributed by atoms with Crippen LogP contribution in [0, 0.1) is 0 Å². The van der Waals surface area contributed by atoms with E-state index in [0.717, 1.165) is 30.8 Å². The van der Waals surface area contributed by atoms with Crippen molar-refractivity contribution in [3.05, 3.63) is 29.3 Å². The summed E-state index contributed by atoms with van der Waals surface area (Å²) in [7, 11) is 2.05. The van der Waals surface area contributed by atoms with E-state index in [2.05, 4.69) is 23.3 Å². The third kappa shape index (κ3) is 3.89. The van der Waals surface area contributed by atoms with Gasteiger partial charge in [-0.25, -0.2) is 0 Å². The number of hydrogen-bond acceptors (Lipinski definition) is 3. The molecule has 1 amide bonds. The second kappa shape index (κ2) is 5.97. The molecule has 4 heteroatoms. The van der Waals surface area contributed by atoms with E-state index >= 15 is 0 Å². The Hall–Kier alpha value is -1.68. The number of ketones is 1. The number of fused-ring (bicyclic) bond motifs is 1. The number of hydrogen-bond donors (Lipinski definition) is 1. The van der Waals surface area contributed by atoms with Crippen molar-refractivity contribution in [3.8, 4) is 0 Å². The predicted octanol–water partition coefficient (Wildman–Crippen LogP) is 1.98. The van der Waals surface area contributed by atoms with Crippen molar-refractivity contribution in [1.82, 2.24) is 4.90 Å². The molecule has 1 aliphatic rings. The van der Waals surface area contributed by atoms with E-state index in [-0.39, 0.29) is 11.7 Å². The minimum absolute atomic E-state index is 0.0713. The molecule has 0 aliphatic carbocycles. The highest BCUT2D eigenvalue weighted by atomic mass is 16.1.